The summed E-state index contributed by atoms with van der Waals surface area (Å²) in [5, 5.41) is 0. The number of anilines is 1. The first-order valence-electron chi connectivity index (χ1n) is 8.72. The van der Waals surface area contributed by atoms with Gasteiger partial charge in [0, 0.05) is 13.1 Å². The third-order valence-corrected chi connectivity index (χ3v) is 5.13. The number of piperidine rings is 1. The van der Waals surface area contributed by atoms with Gasteiger partial charge in [-0.15, -0.1) is 0 Å². The lowest BCUT2D eigenvalue weighted by molar-refractivity contribution is -0.147. The molecule has 0 aromatic heterocycles. The lowest BCUT2D eigenvalue weighted by Gasteiger charge is -2.33. The van der Waals surface area contributed by atoms with Crippen molar-refractivity contribution in [2.45, 2.75) is 32.6 Å². The summed E-state index contributed by atoms with van der Waals surface area (Å²) >= 11 is 0. The minimum atomic E-state index is -0.467. The quantitative estimate of drug-likeness (QED) is 0.619. The highest BCUT2D eigenvalue weighted by Crippen LogP contribution is 2.32. The summed E-state index contributed by atoms with van der Waals surface area (Å²) in [5.74, 6) is -0.829. The summed E-state index contributed by atoms with van der Waals surface area (Å²) in [6.45, 7) is 5.92. The highest BCUT2D eigenvalue weighted by Gasteiger charge is 2.37. The Morgan fingerprint density at radius 3 is 2.52 bits per heavy atom. The molecule has 1 amide bonds. The Morgan fingerprint density at radius 2 is 1.92 bits per heavy atom. The van der Waals surface area contributed by atoms with Gasteiger partial charge in [0.25, 0.3) is 5.78 Å². The van der Waals surface area contributed by atoms with Gasteiger partial charge in [-0.2, -0.15) is 0 Å². The number of benzene rings is 1. The molecule has 0 atom stereocenters. The van der Waals surface area contributed by atoms with Crippen LogP contribution in [0.1, 0.15) is 48.5 Å². The Kier molecular flexibility index (Phi) is 4.90. The fraction of sp³-hybridized carbons (Fsp3) is 0.526. The van der Waals surface area contributed by atoms with Crippen molar-refractivity contribution < 1.29 is 19.1 Å². The van der Waals surface area contributed by atoms with Crippen molar-refractivity contribution in [3.05, 3.63) is 29.3 Å². The molecule has 0 N–H and O–H groups in total. The van der Waals surface area contributed by atoms with Crippen molar-refractivity contribution in [1.29, 1.82) is 0 Å². The third kappa shape index (κ3) is 3.31. The maximum atomic E-state index is 12.4. The molecule has 1 aromatic carbocycles. The minimum Gasteiger partial charge on any atom is -0.469 e. The zero-order valence-electron chi connectivity index (χ0n) is 14.9. The number of carbonyl (C=O) groups is 3. The molecular weight excluding hydrogens is 320 g/mol. The van der Waals surface area contributed by atoms with Gasteiger partial charge in [0.15, 0.2) is 0 Å². The molecule has 1 saturated heterocycles. The summed E-state index contributed by atoms with van der Waals surface area (Å²) < 4.78 is 4.80. The van der Waals surface area contributed by atoms with E-state index in [0.717, 1.165) is 5.56 Å². The molecule has 0 unspecified atom stereocenters. The van der Waals surface area contributed by atoms with Crippen LogP contribution < -0.4 is 4.90 Å². The minimum absolute atomic E-state index is 0.0713. The molecule has 2 heterocycles. The SMILES string of the molecule is COC(=O)C1CCN(CN2C(=O)C(=O)c3cc(C(C)C)ccc32)CC1. The van der Waals surface area contributed by atoms with Gasteiger partial charge in [-0.3, -0.25) is 24.2 Å². The van der Waals surface area contributed by atoms with E-state index in [4.69, 9.17) is 4.74 Å². The molecule has 0 saturated carbocycles. The molecule has 2 aliphatic rings. The van der Waals surface area contributed by atoms with Crippen LogP contribution in [0.3, 0.4) is 0 Å². The number of fused-ring (bicyclic) bond motifs is 1. The van der Waals surface area contributed by atoms with Gasteiger partial charge in [0.2, 0.25) is 0 Å². The fourth-order valence-electron chi connectivity index (χ4n) is 3.49. The summed E-state index contributed by atoms with van der Waals surface area (Å²) in [6.07, 6.45) is 1.42. The van der Waals surface area contributed by atoms with E-state index >= 15 is 0 Å². The van der Waals surface area contributed by atoms with Crippen molar-refractivity contribution in [3.63, 3.8) is 0 Å². The Balaban J connectivity index is 1.72. The van der Waals surface area contributed by atoms with E-state index in [1.807, 2.05) is 18.2 Å². The van der Waals surface area contributed by atoms with Crippen molar-refractivity contribution in [2.75, 3.05) is 31.8 Å². The van der Waals surface area contributed by atoms with Crippen LogP contribution in [-0.4, -0.2) is 49.4 Å². The molecule has 0 spiro atoms. The highest BCUT2D eigenvalue weighted by atomic mass is 16.5. The van der Waals surface area contributed by atoms with Gasteiger partial charge in [-0.05, 0) is 36.5 Å². The van der Waals surface area contributed by atoms with Crippen LogP contribution in [0.2, 0.25) is 0 Å². The van der Waals surface area contributed by atoms with Gasteiger partial charge in [0.05, 0.1) is 30.9 Å². The second kappa shape index (κ2) is 6.96. The maximum absolute atomic E-state index is 12.4. The number of nitrogens with zero attached hydrogens (tertiary/aromatic N) is 2. The van der Waals surface area contributed by atoms with E-state index in [9.17, 15) is 14.4 Å². The second-order valence-corrected chi connectivity index (χ2v) is 7.05. The summed E-state index contributed by atoms with van der Waals surface area (Å²) in [6, 6.07) is 5.68. The number of amides is 1. The van der Waals surface area contributed by atoms with E-state index in [-0.39, 0.29) is 11.9 Å². The number of ether oxygens (including phenoxy) is 1. The normalized spacial score (nSPS) is 18.8. The molecular formula is C19H24N2O4. The van der Waals surface area contributed by atoms with Crippen molar-refractivity contribution in [1.82, 2.24) is 4.90 Å². The van der Waals surface area contributed by atoms with Gasteiger partial charge < -0.3 is 4.74 Å². The number of esters is 1. The van der Waals surface area contributed by atoms with Gasteiger partial charge in [0.1, 0.15) is 0 Å². The number of rotatable bonds is 4. The third-order valence-electron chi connectivity index (χ3n) is 5.13. The number of carbonyl (C=O) groups excluding carboxylic acids is 3. The first-order valence-corrected chi connectivity index (χ1v) is 8.72. The summed E-state index contributed by atoms with van der Waals surface area (Å²) in [7, 11) is 1.41. The molecule has 2 aliphatic heterocycles. The van der Waals surface area contributed by atoms with Crippen LogP contribution in [0.5, 0.6) is 0 Å². The Hall–Kier alpha value is -2.21. The number of hydrogen-bond donors (Lipinski definition) is 0. The molecule has 134 valence electrons. The van der Waals surface area contributed by atoms with Crippen LogP contribution in [0, 0.1) is 5.92 Å². The first-order chi connectivity index (χ1) is 11.9. The Labute approximate surface area is 147 Å². The van der Waals surface area contributed by atoms with E-state index in [1.54, 1.807) is 4.90 Å². The predicted molar refractivity (Wildman–Crippen MR) is 93.5 cm³/mol. The number of methoxy groups -OCH3 is 1. The molecule has 25 heavy (non-hydrogen) atoms. The Bertz CT molecular complexity index is 705. The Morgan fingerprint density at radius 1 is 1.24 bits per heavy atom. The fourth-order valence-corrected chi connectivity index (χ4v) is 3.49. The second-order valence-electron chi connectivity index (χ2n) is 7.05. The lowest BCUT2D eigenvalue weighted by Crippen LogP contribution is -2.45. The van der Waals surface area contributed by atoms with Crippen LogP contribution >= 0.6 is 0 Å². The topological polar surface area (TPSA) is 66.9 Å². The average molecular weight is 344 g/mol. The summed E-state index contributed by atoms with van der Waals surface area (Å²) in [4.78, 5) is 40.0. The largest absolute Gasteiger partial charge is 0.469 e. The van der Waals surface area contributed by atoms with Gasteiger partial charge in [-0.1, -0.05) is 19.9 Å². The molecule has 3 rings (SSSR count). The maximum Gasteiger partial charge on any atom is 0.308 e. The summed E-state index contributed by atoms with van der Waals surface area (Å²) in [5.41, 5.74) is 2.25. The lowest BCUT2D eigenvalue weighted by atomic mass is 9.97. The first kappa shape index (κ1) is 17.6. The van der Waals surface area contributed by atoms with Crippen molar-refractivity contribution in [2.24, 2.45) is 5.92 Å². The van der Waals surface area contributed by atoms with E-state index in [1.165, 1.54) is 7.11 Å². The van der Waals surface area contributed by atoms with Crippen molar-refractivity contribution in [3.8, 4) is 0 Å². The highest BCUT2D eigenvalue weighted by molar-refractivity contribution is 6.52. The number of ketones is 1. The molecule has 1 aromatic rings. The molecule has 1 fully saturated rings. The van der Waals surface area contributed by atoms with Gasteiger partial charge >= 0.3 is 11.9 Å². The molecule has 0 aliphatic carbocycles. The van der Waals surface area contributed by atoms with E-state index < -0.39 is 11.7 Å². The monoisotopic (exact) mass is 344 g/mol. The predicted octanol–water partition coefficient (Wildman–Crippen LogP) is 2.18. The van der Waals surface area contributed by atoms with Gasteiger partial charge in [-0.25, -0.2) is 0 Å². The number of hydrogen-bond acceptors (Lipinski definition) is 5. The standard InChI is InChI=1S/C19H24N2O4/c1-12(2)14-4-5-16-15(10-14)17(22)18(23)21(16)11-20-8-6-13(7-9-20)19(24)25-3/h4-5,10,12-13H,6-9,11H2,1-3H3. The molecule has 6 nitrogen and oxygen atoms in total. The van der Waals surface area contributed by atoms with Crippen LogP contribution in [0.4, 0.5) is 5.69 Å². The zero-order chi connectivity index (χ0) is 18.1. The van der Waals surface area contributed by atoms with Crippen LogP contribution in [0.15, 0.2) is 18.2 Å². The molecule has 0 radical (unpaired) electrons. The number of likely N-dealkylation sites (tertiary alicyclic amines) is 1. The number of Topliss-reactive ketones (excluding diaryl/α,β-unsaturated/α-hetero) is 1. The van der Waals surface area contributed by atoms with Crippen LogP contribution in [0.25, 0.3) is 0 Å². The van der Waals surface area contributed by atoms with E-state index in [0.29, 0.717) is 49.8 Å². The average Bonchev–Trinajstić information content (AvgIpc) is 2.86. The molecule has 6 heteroatoms. The van der Waals surface area contributed by atoms with Crippen LogP contribution in [-0.2, 0) is 14.3 Å². The molecule has 0 bridgehead atoms. The smallest absolute Gasteiger partial charge is 0.308 e. The zero-order valence-corrected chi connectivity index (χ0v) is 14.9. The van der Waals surface area contributed by atoms with Crippen molar-refractivity contribution >= 4 is 23.3 Å². The van der Waals surface area contributed by atoms with E-state index in [2.05, 4.69) is 18.7 Å².